The van der Waals surface area contributed by atoms with Gasteiger partial charge in [-0.15, -0.1) is 0 Å². The summed E-state index contributed by atoms with van der Waals surface area (Å²) in [4.78, 5) is 0. The lowest BCUT2D eigenvalue weighted by Gasteiger charge is -2.60. The fourth-order valence-corrected chi connectivity index (χ4v) is 12.4. The number of aliphatic hydroxyl groups excluding tert-OH is 7. The zero-order valence-electron chi connectivity index (χ0n) is 30.5. The van der Waals surface area contributed by atoms with E-state index in [-0.39, 0.29) is 35.9 Å². The Hall–Kier alpha value is -0.780. The Bertz CT molecular complexity index is 1330. The molecule has 8 aliphatic rings. The number of aliphatic hydroxyl groups is 7. The second-order valence-corrected chi connectivity index (χ2v) is 18.0. The van der Waals surface area contributed by atoms with E-state index in [2.05, 4.69) is 26.8 Å². The van der Waals surface area contributed by atoms with Crippen LogP contribution in [0.2, 0.25) is 0 Å². The average molecular weight is 725 g/mol. The number of allylic oxidation sites excluding steroid dienone is 1. The van der Waals surface area contributed by atoms with E-state index in [1.807, 2.05) is 6.92 Å². The van der Waals surface area contributed by atoms with Crippen LogP contribution in [-0.2, 0) is 28.4 Å². The fraction of sp³-hybridized carbons (Fsp3) is 0.947. The van der Waals surface area contributed by atoms with Gasteiger partial charge in [0.25, 0.3) is 0 Å². The van der Waals surface area contributed by atoms with Gasteiger partial charge < -0.3 is 64.2 Å². The fourth-order valence-electron chi connectivity index (χ4n) is 12.4. The molecule has 1 spiro atoms. The van der Waals surface area contributed by atoms with E-state index < -0.39 is 84.8 Å². The van der Waals surface area contributed by atoms with E-state index in [1.54, 1.807) is 0 Å². The van der Waals surface area contributed by atoms with Crippen LogP contribution in [0.3, 0.4) is 0 Å². The maximum atomic E-state index is 11.1. The molecule has 0 amide bonds. The summed E-state index contributed by atoms with van der Waals surface area (Å²) >= 11 is 0. The minimum atomic E-state index is -1.62. The van der Waals surface area contributed by atoms with Crippen LogP contribution >= 0.6 is 0 Å². The third-order valence-electron chi connectivity index (χ3n) is 15.4. The first-order valence-electron chi connectivity index (χ1n) is 19.4. The molecular formula is C38H60O13. The van der Waals surface area contributed by atoms with Gasteiger partial charge in [0.15, 0.2) is 18.4 Å². The standard InChI is InChI=1S/C38H60O13/c1-16-14-47-38(13-24(16)40)17(2)28-26(51-38)12-23-21-7-6-19-10-20(39)11-27(37(19,5)22(21)8-9-36(23,28)4)49-35-33(30(43)25(41)15-46-35)50-34-32(45)31(44)29(42)18(3)48-34/h6,16-18,20-35,39-45H,7-15H2,1-5H3/t16-,17+,18-,20-,21-,22+,23-,24+,25+,26-,27-,28+,29+,30+,31+,32+,33+,34+,35+,36+,37+,38-/m1/s1. The lowest BCUT2D eigenvalue weighted by Crippen LogP contribution is -2.63. The molecule has 0 radical (unpaired) electrons. The molecule has 13 nitrogen and oxygen atoms in total. The van der Waals surface area contributed by atoms with Crippen LogP contribution in [0.5, 0.6) is 0 Å². The van der Waals surface area contributed by atoms with Crippen molar-refractivity contribution in [1.29, 1.82) is 0 Å². The molecule has 290 valence electrons. The van der Waals surface area contributed by atoms with Gasteiger partial charge in [-0.1, -0.05) is 39.3 Å². The van der Waals surface area contributed by atoms with Crippen LogP contribution in [0.1, 0.15) is 79.6 Å². The summed E-state index contributed by atoms with van der Waals surface area (Å²) in [6.07, 6.45) is -5.94. The molecule has 4 saturated heterocycles. The summed E-state index contributed by atoms with van der Waals surface area (Å²) in [5.74, 6) is 0.859. The Morgan fingerprint density at radius 2 is 1.59 bits per heavy atom. The zero-order valence-corrected chi connectivity index (χ0v) is 30.5. The highest BCUT2D eigenvalue weighted by molar-refractivity contribution is 5.29. The van der Waals surface area contributed by atoms with Crippen molar-refractivity contribution in [3.05, 3.63) is 11.6 Å². The Morgan fingerprint density at radius 1 is 0.824 bits per heavy atom. The van der Waals surface area contributed by atoms with Gasteiger partial charge in [0.1, 0.15) is 36.6 Å². The zero-order chi connectivity index (χ0) is 36.4. The molecule has 8 rings (SSSR count). The van der Waals surface area contributed by atoms with Crippen molar-refractivity contribution in [2.45, 2.75) is 165 Å². The van der Waals surface area contributed by atoms with E-state index in [4.69, 9.17) is 28.4 Å². The van der Waals surface area contributed by atoms with Gasteiger partial charge in [0.05, 0.1) is 43.7 Å². The van der Waals surface area contributed by atoms with Crippen molar-refractivity contribution in [3.63, 3.8) is 0 Å². The van der Waals surface area contributed by atoms with Crippen LogP contribution in [0.25, 0.3) is 0 Å². The van der Waals surface area contributed by atoms with Crippen LogP contribution in [-0.4, -0.2) is 134 Å². The highest BCUT2D eigenvalue weighted by Gasteiger charge is 2.70. The molecule has 7 N–H and O–H groups in total. The maximum absolute atomic E-state index is 11.1. The highest BCUT2D eigenvalue weighted by Crippen LogP contribution is 2.71. The van der Waals surface area contributed by atoms with Gasteiger partial charge >= 0.3 is 0 Å². The SMILES string of the molecule is C[C@@H]1CO[C@]2(C[C@@H]1O)O[C@@H]1C[C@@H]3[C@@H]4CC=C5C[C@@H](O)C[C@@H](O[C@@H]6OC[C@H](O)[C@H](O)[C@@H]6O[C@@H]6O[C@H](C)[C@H](O)[C@H](O)[C@@H]6O)[C@]5(C)[C@H]4CC[C@]3(C)[C@H]1[C@@H]2C. The minimum absolute atomic E-state index is 0.0418. The van der Waals surface area contributed by atoms with Crippen molar-refractivity contribution in [2.75, 3.05) is 13.2 Å². The quantitative estimate of drug-likeness (QED) is 0.203. The average Bonchev–Trinajstić information content (AvgIpc) is 3.53. The number of rotatable bonds is 4. The molecule has 51 heavy (non-hydrogen) atoms. The second-order valence-electron chi connectivity index (χ2n) is 18.0. The highest BCUT2D eigenvalue weighted by atomic mass is 16.8. The predicted octanol–water partition coefficient (Wildman–Crippen LogP) is 0.971. The Labute approximate surface area is 300 Å². The largest absolute Gasteiger partial charge is 0.393 e. The maximum Gasteiger partial charge on any atom is 0.187 e. The van der Waals surface area contributed by atoms with E-state index >= 15 is 0 Å². The minimum Gasteiger partial charge on any atom is -0.393 e. The molecule has 7 fully saturated rings. The Kier molecular flexibility index (Phi) is 9.60. The van der Waals surface area contributed by atoms with Crippen molar-refractivity contribution < 1.29 is 64.2 Å². The van der Waals surface area contributed by atoms with E-state index in [0.29, 0.717) is 43.6 Å². The molecule has 3 saturated carbocycles. The lowest BCUT2D eigenvalue weighted by molar-refractivity contribution is -0.362. The third kappa shape index (κ3) is 5.66. The van der Waals surface area contributed by atoms with E-state index in [9.17, 15) is 35.7 Å². The van der Waals surface area contributed by atoms with Gasteiger partial charge in [-0.25, -0.2) is 0 Å². The topological polar surface area (TPSA) is 197 Å². The Balaban J connectivity index is 1.04. The summed E-state index contributed by atoms with van der Waals surface area (Å²) in [6.45, 7) is 10.8. The van der Waals surface area contributed by atoms with Gasteiger partial charge in [0.2, 0.25) is 0 Å². The smallest absolute Gasteiger partial charge is 0.187 e. The van der Waals surface area contributed by atoms with E-state index in [1.165, 1.54) is 12.5 Å². The first kappa shape index (κ1) is 37.2. The molecule has 0 bridgehead atoms. The molecule has 13 heteroatoms. The first-order valence-corrected chi connectivity index (χ1v) is 19.4. The summed E-state index contributed by atoms with van der Waals surface area (Å²) in [7, 11) is 0. The van der Waals surface area contributed by atoms with E-state index in [0.717, 1.165) is 25.7 Å². The van der Waals surface area contributed by atoms with Gasteiger partial charge in [-0.3, -0.25) is 0 Å². The molecule has 0 aromatic carbocycles. The molecule has 22 atom stereocenters. The summed E-state index contributed by atoms with van der Waals surface area (Å²) in [5.41, 5.74) is 0.759. The summed E-state index contributed by atoms with van der Waals surface area (Å²) < 4.78 is 37.8. The van der Waals surface area contributed by atoms with Crippen LogP contribution in [0.4, 0.5) is 0 Å². The number of ether oxygens (including phenoxy) is 6. The normalized spacial score (nSPS) is 59.8. The molecule has 4 aliphatic carbocycles. The third-order valence-corrected chi connectivity index (χ3v) is 15.4. The van der Waals surface area contributed by atoms with Crippen LogP contribution in [0, 0.1) is 46.3 Å². The molecule has 0 unspecified atom stereocenters. The molecule has 4 aliphatic heterocycles. The molecule has 4 heterocycles. The van der Waals surface area contributed by atoms with Crippen molar-refractivity contribution >= 4 is 0 Å². The monoisotopic (exact) mass is 724 g/mol. The molecule has 0 aromatic heterocycles. The van der Waals surface area contributed by atoms with Crippen LogP contribution < -0.4 is 0 Å². The predicted molar refractivity (Wildman–Crippen MR) is 178 cm³/mol. The Morgan fingerprint density at radius 3 is 2.33 bits per heavy atom. The molecular weight excluding hydrogens is 664 g/mol. The second kappa shape index (κ2) is 13.2. The number of hydrogen-bond acceptors (Lipinski definition) is 13. The van der Waals surface area contributed by atoms with Gasteiger partial charge in [0, 0.05) is 30.1 Å². The summed E-state index contributed by atoms with van der Waals surface area (Å²) in [5, 5.41) is 75.0. The van der Waals surface area contributed by atoms with Gasteiger partial charge in [-0.2, -0.15) is 0 Å². The lowest BCUT2D eigenvalue weighted by atomic mass is 9.46. The van der Waals surface area contributed by atoms with Gasteiger partial charge in [-0.05, 0) is 68.1 Å². The summed E-state index contributed by atoms with van der Waals surface area (Å²) in [6, 6.07) is 0. The molecule has 0 aromatic rings. The van der Waals surface area contributed by atoms with Crippen molar-refractivity contribution in [3.8, 4) is 0 Å². The number of hydrogen-bond donors (Lipinski definition) is 7. The van der Waals surface area contributed by atoms with Crippen molar-refractivity contribution in [2.24, 2.45) is 46.3 Å². The van der Waals surface area contributed by atoms with Crippen molar-refractivity contribution in [1.82, 2.24) is 0 Å². The first-order chi connectivity index (χ1) is 24.1. The number of fused-ring (bicyclic) bond motifs is 7. The van der Waals surface area contributed by atoms with Crippen LogP contribution in [0.15, 0.2) is 11.6 Å².